The summed E-state index contributed by atoms with van der Waals surface area (Å²) in [5.41, 5.74) is 0.974. The molecule has 0 atom stereocenters. The van der Waals surface area contributed by atoms with Crippen molar-refractivity contribution in [3.63, 3.8) is 0 Å². The van der Waals surface area contributed by atoms with Crippen LogP contribution in [-0.2, 0) is 4.79 Å². The van der Waals surface area contributed by atoms with Gasteiger partial charge in [0.2, 0.25) is 5.91 Å². The summed E-state index contributed by atoms with van der Waals surface area (Å²) in [6.45, 7) is 7.91. The lowest BCUT2D eigenvalue weighted by Gasteiger charge is -2.36. The minimum absolute atomic E-state index is 0.0806. The van der Waals surface area contributed by atoms with Crippen molar-refractivity contribution in [2.24, 2.45) is 5.92 Å². The molecule has 0 saturated carbocycles. The quantitative estimate of drug-likeness (QED) is 0.856. The third-order valence-electron chi connectivity index (χ3n) is 4.62. The molecule has 23 heavy (non-hydrogen) atoms. The summed E-state index contributed by atoms with van der Waals surface area (Å²) in [5.74, 6) is -0.124. The highest BCUT2D eigenvalue weighted by Gasteiger charge is 2.27. The molecule has 1 aromatic carbocycles. The predicted octanol–water partition coefficient (Wildman–Crippen LogP) is 2.85. The smallest absolute Gasteiger partial charge is 0.253 e. The van der Waals surface area contributed by atoms with Crippen LogP contribution in [0.2, 0.25) is 0 Å². The topological polar surface area (TPSA) is 40.6 Å². The molecule has 0 aromatic heterocycles. The SMILES string of the molecule is CCC(CC)C(=O)N1CCN(C(=O)c2ccc(F)c(C)c2)CC1. The summed E-state index contributed by atoms with van der Waals surface area (Å²) < 4.78 is 13.3. The first-order valence-electron chi connectivity index (χ1n) is 8.32. The van der Waals surface area contributed by atoms with Crippen LogP contribution in [0.15, 0.2) is 18.2 Å². The van der Waals surface area contributed by atoms with E-state index in [1.807, 2.05) is 18.7 Å². The zero-order valence-corrected chi connectivity index (χ0v) is 14.1. The number of halogens is 1. The van der Waals surface area contributed by atoms with Gasteiger partial charge in [0.25, 0.3) is 5.91 Å². The number of nitrogens with zero attached hydrogens (tertiary/aromatic N) is 2. The van der Waals surface area contributed by atoms with E-state index in [1.54, 1.807) is 17.9 Å². The van der Waals surface area contributed by atoms with E-state index in [4.69, 9.17) is 0 Å². The average Bonchev–Trinajstić information content (AvgIpc) is 2.58. The molecule has 0 bridgehead atoms. The Morgan fingerprint density at radius 1 is 1.09 bits per heavy atom. The number of hydrogen-bond donors (Lipinski definition) is 0. The summed E-state index contributed by atoms with van der Waals surface area (Å²) in [5, 5.41) is 0. The van der Waals surface area contributed by atoms with E-state index in [-0.39, 0.29) is 23.5 Å². The summed E-state index contributed by atoms with van der Waals surface area (Å²) in [6.07, 6.45) is 1.70. The molecule has 1 saturated heterocycles. The Hall–Kier alpha value is -1.91. The van der Waals surface area contributed by atoms with Crippen molar-refractivity contribution in [1.82, 2.24) is 9.80 Å². The average molecular weight is 320 g/mol. The van der Waals surface area contributed by atoms with Crippen molar-refractivity contribution >= 4 is 11.8 Å². The number of amides is 2. The van der Waals surface area contributed by atoms with Gasteiger partial charge in [0.05, 0.1) is 0 Å². The molecule has 5 heteroatoms. The van der Waals surface area contributed by atoms with E-state index in [0.717, 1.165) is 12.8 Å². The number of carbonyl (C=O) groups excluding carboxylic acids is 2. The molecule has 2 rings (SSSR count). The standard InChI is InChI=1S/C18H25FN2O2/c1-4-14(5-2)17(22)20-8-10-21(11-9-20)18(23)15-6-7-16(19)13(3)12-15/h6-7,12,14H,4-5,8-11H2,1-3H3. The van der Waals surface area contributed by atoms with Crippen LogP contribution in [0.4, 0.5) is 4.39 Å². The summed E-state index contributed by atoms with van der Waals surface area (Å²) in [7, 11) is 0. The minimum Gasteiger partial charge on any atom is -0.339 e. The van der Waals surface area contributed by atoms with Gasteiger partial charge in [-0.2, -0.15) is 0 Å². The molecule has 0 spiro atoms. The Kier molecular flexibility index (Phi) is 5.74. The van der Waals surface area contributed by atoms with E-state index in [0.29, 0.717) is 37.3 Å². The first-order valence-corrected chi connectivity index (χ1v) is 8.32. The molecule has 0 unspecified atom stereocenters. The van der Waals surface area contributed by atoms with Crippen molar-refractivity contribution in [3.8, 4) is 0 Å². The Labute approximate surface area is 137 Å². The second-order valence-electron chi connectivity index (χ2n) is 6.09. The molecule has 1 aliphatic heterocycles. The highest BCUT2D eigenvalue weighted by molar-refractivity contribution is 5.94. The van der Waals surface area contributed by atoms with Crippen LogP contribution in [0.5, 0.6) is 0 Å². The summed E-state index contributed by atoms with van der Waals surface area (Å²) in [4.78, 5) is 28.5. The molecule has 0 radical (unpaired) electrons. The maximum absolute atomic E-state index is 13.3. The second kappa shape index (κ2) is 7.57. The zero-order chi connectivity index (χ0) is 17.0. The fraction of sp³-hybridized carbons (Fsp3) is 0.556. The highest BCUT2D eigenvalue weighted by Crippen LogP contribution is 2.16. The van der Waals surface area contributed by atoms with Crippen molar-refractivity contribution in [1.29, 1.82) is 0 Å². The third-order valence-corrected chi connectivity index (χ3v) is 4.62. The van der Waals surface area contributed by atoms with Crippen molar-refractivity contribution in [2.75, 3.05) is 26.2 Å². The molecule has 126 valence electrons. The van der Waals surface area contributed by atoms with Crippen LogP contribution in [0.25, 0.3) is 0 Å². The van der Waals surface area contributed by atoms with E-state index in [2.05, 4.69) is 0 Å². The molecule has 1 aliphatic rings. The lowest BCUT2D eigenvalue weighted by molar-refractivity contribution is -0.137. The molecular weight excluding hydrogens is 295 g/mol. The monoisotopic (exact) mass is 320 g/mol. The molecule has 1 aromatic rings. The van der Waals surface area contributed by atoms with E-state index >= 15 is 0 Å². The van der Waals surface area contributed by atoms with Crippen LogP contribution in [0.1, 0.15) is 42.6 Å². The molecular formula is C18H25FN2O2. The van der Waals surface area contributed by atoms with Gasteiger partial charge < -0.3 is 9.80 Å². The van der Waals surface area contributed by atoms with Crippen molar-refractivity contribution in [2.45, 2.75) is 33.6 Å². The number of piperazine rings is 1. The Balaban J connectivity index is 1.97. The zero-order valence-electron chi connectivity index (χ0n) is 14.1. The third kappa shape index (κ3) is 3.89. The maximum Gasteiger partial charge on any atom is 0.253 e. The van der Waals surface area contributed by atoms with Gasteiger partial charge in [-0.3, -0.25) is 9.59 Å². The van der Waals surface area contributed by atoms with Gasteiger partial charge in [-0.1, -0.05) is 13.8 Å². The fourth-order valence-corrected chi connectivity index (χ4v) is 2.99. The van der Waals surface area contributed by atoms with E-state index in [1.165, 1.54) is 12.1 Å². The van der Waals surface area contributed by atoms with Gasteiger partial charge in [0, 0.05) is 37.7 Å². The van der Waals surface area contributed by atoms with Crippen LogP contribution in [0.3, 0.4) is 0 Å². The van der Waals surface area contributed by atoms with Crippen LogP contribution < -0.4 is 0 Å². The van der Waals surface area contributed by atoms with Crippen LogP contribution in [-0.4, -0.2) is 47.8 Å². The van der Waals surface area contributed by atoms with Crippen LogP contribution >= 0.6 is 0 Å². The number of rotatable bonds is 4. The van der Waals surface area contributed by atoms with Gasteiger partial charge in [-0.15, -0.1) is 0 Å². The van der Waals surface area contributed by atoms with Gasteiger partial charge in [0.1, 0.15) is 5.82 Å². The van der Waals surface area contributed by atoms with Crippen LogP contribution in [0, 0.1) is 18.7 Å². The molecule has 2 amide bonds. The molecule has 1 fully saturated rings. The Morgan fingerprint density at radius 3 is 2.17 bits per heavy atom. The second-order valence-corrected chi connectivity index (χ2v) is 6.09. The van der Waals surface area contributed by atoms with Gasteiger partial charge in [-0.05, 0) is 43.5 Å². The van der Waals surface area contributed by atoms with E-state index < -0.39 is 0 Å². The lowest BCUT2D eigenvalue weighted by atomic mass is 10.0. The Morgan fingerprint density at radius 2 is 1.65 bits per heavy atom. The van der Waals surface area contributed by atoms with Gasteiger partial charge in [-0.25, -0.2) is 4.39 Å². The Bertz CT molecular complexity index is 576. The largest absolute Gasteiger partial charge is 0.339 e. The number of hydrogen-bond acceptors (Lipinski definition) is 2. The van der Waals surface area contributed by atoms with Gasteiger partial charge >= 0.3 is 0 Å². The maximum atomic E-state index is 13.3. The predicted molar refractivity (Wildman–Crippen MR) is 87.7 cm³/mol. The number of aryl methyl sites for hydroxylation is 1. The molecule has 0 N–H and O–H groups in total. The normalized spacial score (nSPS) is 15.2. The van der Waals surface area contributed by atoms with E-state index in [9.17, 15) is 14.0 Å². The molecule has 4 nitrogen and oxygen atoms in total. The lowest BCUT2D eigenvalue weighted by Crippen LogP contribution is -2.51. The molecule has 1 heterocycles. The number of benzene rings is 1. The fourth-order valence-electron chi connectivity index (χ4n) is 2.99. The molecule has 0 aliphatic carbocycles. The van der Waals surface area contributed by atoms with Gasteiger partial charge in [0.15, 0.2) is 0 Å². The number of carbonyl (C=O) groups is 2. The first-order chi connectivity index (χ1) is 11.0. The van der Waals surface area contributed by atoms with Crippen molar-refractivity contribution in [3.05, 3.63) is 35.1 Å². The summed E-state index contributed by atoms with van der Waals surface area (Å²) >= 11 is 0. The minimum atomic E-state index is -0.304. The first kappa shape index (κ1) is 17.4. The van der Waals surface area contributed by atoms with Crippen molar-refractivity contribution < 1.29 is 14.0 Å². The summed E-state index contributed by atoms with van der Waals surface area (Å²) in [6, 6.07) is 4.43. The highest BCUT2D eigenvalue weighted by atomic mass is 19.1.